The van der Waals surface area contributed by atoms with Crippen LogP contribution in [0.2, 0.25) is 0 Å². The summed E-state index contributed by atoms with van der Waals surface area (Å²) in [5.41, 5.74) is 7.88. The number of allylic oxidation sites excluding steroid dienone is 2. The molecule has 0 spiro atoms. The molecule has 0 saturated heterocycles. The number of nitrogens with one attached hydrogen (secondary N) is 2. The highest BCUT2D eigenvalue weighted by Crippen LogP contribution is 2.28. The zero-order valence-corrected chi connectivity index (χ0v) is 17.9. The minimum Gasteiger partial charge on any atom is -0.353 e. The highest BCUT2D eigenvalue weighted by Gasteiger charge is 2.12. The number of aromatic amines is 2. The molecule has 6 heteroatoms. The van der Waals surface area contributed by atoms with Gasteiger partial charge >= 0.3 is 0 Å². The number of fused-ring (bicyclic) bond motifs is 1. The average Bonchev–Trinajstić information content (AvgIpc) is 3.41. The van der Waals surface area contributed by atoms with E-state index >= 15 is 0 Å². The molecule has 0 aliphatic rings. The number of aromatic nitrogens is 6. The van der Waals surface area contributed by atoms with Crippen molar-refractivity contribution in [2.24, 2.45) is 0 Å². The maximum atomic E-state index is 4.57. The lowest BCUT2D eigenvalue weighted by molar-refractivity contribution is 1.06. The van der Waals surface area contributed by atoms with Crippen LogP contribution in [0.25, 0.3) is 51.8 Å². The number of hydrogen-bond acceptors (Lipinski definition) is 4. The molecular weight excluding hydrogens is 396 g/mol. The minimum absolute atomic E-state index is 0.785. The van der Waals surface area contributed by atoms with Gasteiger partial charge in [0, 0.05) is 52.7 Å². The first kappa shape index (κ1) is 19.6. The predicted octanol–water partition coefficient (Wildman–Crippen LogP) is 4.01. The van der Waals surface area contributed by atoms with E-state index in [1.807, 2.05) is 49.8 Å². The maximum Gasteiger partial charge on any atom is 0.116 e. The molecule has 0 amide bonds. The van der Waals surface area contributed by atoms with Crippen LogP contribution in [-0.4, -0.2) is 30.1 Å². The molecule has 0 aromatic carbocycles. The van der Waals surface area contributed by atoms with Crippen LogP contribution in [0.4, 0.5) is 0 Å². The standard InChI is InChI=1S/C26H22N6/c1-16-11-20(15-28-13-16)17(2)6-7-22-18(3)25(32-31-22)24-12-21-23(30-24)8-10-29-26(21)19-5-4-9-27-14-19/h4-15,30-31H,3H2,1-2H3/b17-6+,22-7+. The Bertz CT molecular complexity index is 1560. The molecule has 0 aliphatic carbocycles. The van der Waals surface area contributed by atoms with Crippen LogP contribution < -0.4 is 10.6 Å². The molecule has 0 bridgehead atoms. The van der Waals surface area contributed by atoms with Crippen LogP contribution in [0.15, 0.2) is 67.4 Å². The summed E-state index contributed by atoms with van der Waals surface area (Å²) in [5.74, 6) is 0. The normalized spacial score (nSPS) is 12.6. The van der Waals surface area contributed by atoms with Crippen molar-refractivity contribution in [1.29, 1.82) is 0 Å². The molecular formula is C26H22N6. The highest BCUT2D eigenvalue weighted by atomic mass is 15.1. The second-order valence-electron chi connectivity index (χ2n) is 7.78. The molecule has 0 radical (unpaired) electrons. The molecule has 0 atom stereocenters. The zero-order valence-electron chi connectivity index (χ0n) is 17.9. The topological polar surface area (TPSA) is 83.1 Å². The summed E-state index contributed by atoms with van der Waals surface area (Å²) < 4.78 is 0. The van der Waals surface area contributed by atoms with Gasteiger partial charge in [-0.3, -0.25) is 20.1 Å². The van der Waals surface area contributed by atoms with Crippen LogP contribution in [-0.2, 0) is 0 Å². The van der Waals surface area contributed by atoms with E-state index in [4.69, 9.17) is 0 Å². The summed E-state index contributed by atoms with van der Waals surface area (Å²) in [4.78, 5) is 16.5. The number of H-pyrrole nitrogens is 2. The van der Waals surface area contributed by atoms with Crippen LogP contribution in [0.3, 0.4) is 0 Å². The van der Waals surface area contributed by atoms with E-state index in [1.54, 1.807) is 12.4 Å². The Balaban J connectivity index is 1.54. The van der Waals surface area contributed by atoms with Crippen molar-refractivity contribution in [2.45, 2.75) is 13.8 Å². The van der Waals surface area contributed by atoms with E-state index in [1.165, 1.54) is 0 Å². The van der Waals surface area contributed by atoms with Gasteiger partial charge in [0.2, 0.25) is 0 Å². The Hall–Kier alpha value is -4.32. The summed E-state index contributed by atoms with van der Waals surface area (Å²) in [5, 5.41) is 10.3. The van der Waals surface area contributed by atoms with Crippen LogP contribution >= 0.6 is 0 Å². The van der Waals surface area contributed by atoms with Gasteiger partial charge < -0.3 is 4.98 Å². The van der Waals surface area contributed by atoms with Gasteiger partial charge in [-0.1, -0.05) is 12.7 Å². The number of pyridine rings is 3. The van der Waals surface area contributed by atoms with Gasteiger partial charge in [-0.25, -0.2) is 0 Å². The van der Waals surface area contributed by atoms with Crippen molar-refractivity contribution in [3.8, 4) is 22.6 Å². The summed E-state index contributed by atoms with van der Waals surface area (Å²) in [7, 11) is 0. The molecule has 5 aromatic rings. The number of aryl methyl sites for hydroxylation is 1. The highest BCUT2D eigenvalue weighted by molar-refractivity contribution is 5.95. The van der Waals surface area contributed by atoms with Crippen molar-refractivity contribution < 1.29 is 0 Å². The third-order valence-electron chi connectivity index (χ3n) is 5.47. The quantitative estimate of drug-likeness (QED) is 0.462. The van der Waals surface area contributed by atoms with Crippen molar-refractivity contribution in [3.05, 3.63) is 89.1 Å². The first-order valence-electron chi connectivity index (χ1n) is 10.3. The Morgan fingerprint density at radius 2 is 1.94 bits per heavy atom. The van der Waals surface area contributed by atoms with Crippen LogP contribution in [0.5, 0.6) is 0 Å². The fourth-order valence-electron chi connectivity index (χ4n) is 3.73. The van der Waals surface area contributed by atoms with Gasteiger partial charge in [-0.2, -0.15) is 5.10 Å². The molecule has 32 heavy (non-hydrogen) atoms. The van der Waals surface area contributed by atoms with Crippen molar-refractivity contribution in [2.75, 3.05) is 0 Å². The van der Waals surface area contributed by atoms with E-state index in [-0.39, 0.29) is 0 Å². The lowest BCUT2D eigenvalue weighted by atomic mass is 10.1. The SMILES string of the molecule is C=c1c(-c2cc3c(-c4cccnc4)nccc3[nH]2)n[nH]/c1=C/C=C(\C)c1cncc(C)c1. The van der Waals surface area contributed by atoms with Gasteiger partial charge in [0.25, 0.3) is 0 Å². The Morgan fingerprint density at radius 3 is 2.75 bits per heavy atom. The molecule has 5 heterocycles. The molecule has 6 nitrogen and oxygen atoms in total. The monoisotopic (exact) mass is 418 g/mol. The third kappa shape index (κ3) is 3.63. The van der Waals surface area contributed by atoms with E-state index in [0.717, 1.165) is 60.8 Å². The lowest BCUT2D eigenvalue weighted by Gasteiger charge is -2.00. The van der Waals surface area contributed by atoms with E-state index in [9.17, 15) is 0 Å². The van der Waals surface area contributed by atoms with Crippen molar-refractivity contribution in [1.82, 2.24) is 30.1 Å². The molecule has 0 saturated carbocycles. The molecule has 5 rings (SSSR count). The van der Waals surface area contributed by atoms with Crippen LogP contribution in [0.1, 0.15) is 18.1 Å². The van der Waals surface area contributed by atoms with E-state index < -0.39 is 0 Å². The van der Waals surface area contributed by atoms with E-state index in [0.29, 0.717) is 0 Å². The smallest absolute Gasteiger partial charge is 0.116 e. The van der Waals surface area contributed by atoms with Gasteiger partial charge in [-0.15, -0.1) is 0 Å². The average molecular weight is 419 g/mol. The second kappa shape index (κ2) is 8.07. The summed E-state index contributed by atoms with van der Waals surface area (Å²) in [6.07, 6.45) is 13.2. The Labute approximate surface area is 185 Å². The molecule has 0 aliphatic heterocycles. The molecule has 5 aromatic heterocycles. The van der Waals surface area contributed by atoms with Crippen LogP contribution in [0, 0.1) is 6.92 Å². The van der Waals surface area contributed by atoms with Gasteiger partial charge in [0.1, 0.15) is 5.69 Å². The minimum atomic E-state index is 0.785. The summed E-state index contributed by atoms with van der Waals surface area (Å²) >= 11 is 0. The largest absolute Gasteiger partial charge is 0.353 e. The fraction of sp³-hybridized carbons (Fsp3) is 0.0769. The zero-order chi connectivity index (χ0) is 22.1. The van der Waals surface area contributed by atoms with Crippen molar-refractivity contribution >= 4 is 29.1 Å². The first-order chi connectivity index (χ1) is 15.6. The molecule has 156 valence electrons. The lowest BCUT2D eigenvalue weighted by Crippen LogP contribution is -2.21. The van der Waals surface area contributed by atoms with Gasteiger partial charge in [0.15, 0.2) is 0 Å². The predicted molar refractivity (Wildman–Crippen MR) is 129 cm³/mol. The maximum absolute atomic E-state index is 4.57. The van der Waals surface area contributed by atoms with E-state index in [2.05, 4.69) is 61.8 Å². The molecule has 2 N–H and O–H groups in total. The Kier molecular flexibility index (Phi) is 4.95. The van der Waals surface area contributed by atoms with Gasteiger partial charge in [0.05, 0.1) is 16.7 Å². The number of rotatable bonds is 4. The Morgan fingerprint density at radius 1 is 1.03 bits per heavy atom. The number of nitrogens with zero attached hydrogens (tertiary/aromatic N) is 4. The van der Waals surface area contributed by atoms with Gasteiger partial charge in [-0.05, 0) is 67.0 Å². The second-order valence-corrected chi connectivity index (χ2v) is 7.78. The third-order valence-corrected chi connectivity index (χ3v) is 5.47. The fourth-order valence-corrected chi connectivity index (χ4v) is 3.73. The van der Waals surface area contributed by atoms with Crippen molar-refractivity contribution in [3.63, 3.8) is 0 Å². The molecule has 0 unspecified atom stereocenters. The number of hydrogen-bond donors (Lipinski definition) is 2. The molecule has 0 fully saturated rings. The first-order valence-corrected chi connectivity index (χ1v) is 10.3. The summed E-state index contributed by atoms with van der Waals surface area (Å²) in [6, 6.07) is 10.1. The summed E-state index contributed by atoms with van der Waals surface area (Å²) in [6.45, 7) is 8.37.